The monoisotopic (exact) mass is 615 g/mol. The van der Waals surface area contributed by atoms with Gasteiger partial charge in [0, 0.05) is 61.2 Å². The highest BCUT2D eigenvalue weighted by atomic mass is 19.1. The van der Waals surface area contributed by atoms with Crippen molar-refractivity contribution in [3.63, 3.8) is 0 Å². The summed E-state index contributed by atoms with van der Waals surface area (Å²) in [4.78, 5) is 24.0. The number of carbonyl (C=O) groups excluding carboxylic acids is 1. The number of morpholine rings is 1. The zero-order valence-corrected chi connectivity index (χ0v) is 24.6. The van der Waals surface area contributed by atoms with Crippen LogP contribution in [-0.4, -0.2) is 65.6 Å². The van der Waals surface area contributed by atoms with Crippen molar-refractivity contribution in [3.8, 4) is 11.6 Å². The molecule has 0 saturated carbocycles. The molecule has 2 aliphatic heterocycles. The summed E-state index contributed by atoms with van der Waals surface area (Å²) in [7, 11) is 1.67. The fourth-order valence-corrected chi connectivity index (χ4v) is 5.16. The number of aliphatic hydroxyl groups is 1. The van der Waals surface area contributed by atoms with E-state index in [0.717, 1.165) is 30.5 Å². The van der Waals surface area contributed by atoms with Crippen LogP contribution in [0.15, 0.2) is 90.3 Å². The SMILES string of the molecule is CC1=C(C(=O)Nc2ccc(Oc3ccnc(Nc4cccc(N5CCOCC5)c4)n3)c(F)c2)C(O)N(c2ccc(F)cc2)N1C. The molecule has 4 aromatic rings. The number of nitrogens with one attached hydrogen (secondary N) is 2. The Morgan fingerprint density at radius 2 is 1.78 bits per heavy atom. The van der Waals surface area contributed by atoms with Gasteiger partial charge in [0.2, 0.25) is 11.8 Å². The van der Waals surface area contributed by atoms with E-state index in [-0.39, 0.29) is 28.8 Å². The van der Waals surface area contributed by atoms with Crippen molar-refractivity contribution < 1.29 is 28.2 Å². The average molecular weight is 616 g/mol. The van der Waals surface area contributed by atoms with Crippen molar-refractivity contribution in [3.05, 3.63) is 102 Å². The molecule has 45 heavy (non-hydrogen) atoms. The molecule has 13 heteroatoms. The molecular formula is C32H31F2N7O4. The van der Waals surface area contributed by atoms with Crippen molar-refractivity contribution in [2.45, 2.75) is 13.2 Å². The van der Waals surface area contributed by atoms with Gasteiger partial charge in [0.1, 0.15) is 5.82 Å². The van der Waals surface area contributed by atoms with Crippen LogP contribution in [0.4, 0.5) is 37.5 Å². The predicted octanol–water partition coefficient (Wildman–Crippen LogP) is 5.03. The molecule has 1 unspecified atom stereocenters. The van der Waals surface area contributed by atoms with Crippen LogP contribution in [0.2, 0.25) is 0 Å². The topological polar surface area (TPSA) is 115 Å². The van der Waals surface area contributed by atoms with E-state index < -0.39 is 23.8 Å². The van der Waals surface area contributed by atoms with Crippen molar-refractivity contribution >= 4 is 34.6 Å². The third kappa shape index (κ3) is 6.49. The molecule has 0 aliphatic carbocycles. The van der Waals surface area contributed by atoms with Gasteiger partial charge in [0.15, 0.2) is 17.8 Å². The number of aliphatic hydroxyl groups excluding tert-OH is 1. The largest absolute Gasteiger partial charge is 0.436 e. The maximum atomic E-state index is 15.1. The van der Waals surface area contributed by atoms with Crippen LogP contribution in [-0.2, 0) is 9.53 Å². The van der Waals surface area contributed by atoms with E-state index in [1.165, 1.54) is 53.7 Å². The third-order valence-electron chi connectivity index (χ3n) is 7.54. The summed E-state index contributed by atoms with van der Waals surface area (Å²) < 4.78 is 39.7. The minimum Gasteiger partial charge on any atom is -0.436 e. The molecule has 11 nitrogen and oxygen atoms in total. The van der Waals surface area contributed by atoms with Gasteiger partial charge < -0.3 is 30.1 Å². The Bertz CT molecular complexity index is 1730. The number of halogens is 2. The minimum absolute atomic E-state index is 0.0686. The predicted molar refractivity (Wildman–Crippen MR) is 165 cm³/mol. The lowest BCUT2D eigenvalue weighted by Crippen LogP contribution is -2.41. The molecule has 0 bridgehead atoms. The van der Waals surface area contributed by atoms with Crippen molar-refractivity contribution in [1.29, 1.82) is 0 Å². The Morgan fingerprint density at radius 3 is 2.53 bits per heavy atom. The summed E-state index contributed by atoms with van der Waals surface area (Å²) in [5, 5.41) is 19.8. The molecule has 1 amide bonds. The number of hydrogen-bond acceptors (Lipinski definition) is 10. The van der Waals surface area contributed by atoms with Gasteiger partial charge in [-0.3, -0.25) is 14.8 Å². The highest BCUT2D eigenvalue weighted by Crippen LogP contribution is 2.33. The maximum Gasteiger partial charge on any atom is 0.258 e. The van der Waals surface area contributed by atoms with Gasteiger partial charge in [0.05, 0.1) is 24.5 Å². The normalized spacial score (nSPS) is 16.6. The number of ether oxygens (including phenoxy) is 2. The Kier molecular flexibility index (Phi) is 8.45. The summed E-state index contributed by atoms with van der Waals surface area (Å²) in [6, 6.07) is 18.9. The van der Waals surface area contributed by atoms with E-state index in [9.17, 15) is 14.3 Å². The van der Waals surface area contributed by atoms with Gasteiger partial charge in [-0.05, 0) is 61.5 Å². The second-order valence-electron chi connectivity index (χ2n) is 10.4. The molecule has 3 heterocycles. The molecule has 3 N–H and O–H groups in total. The van der Waals surface area contributed by atoms with E-state index in [1.807, 2.05) is 24.3 Å². The molecule has 6 rings (SSSR count). The van der Waals surface area contributed by atoms with Crippen molar-refractivity contribution in [1.82, 2.24) is 15.0 Å². The molecule has 0 radical (unpaired) electrons. The molecular weight excluding hydrogens is 584 g/mol. The molecule has 1 aromatic heterocycles. The van der Waals surface area contributed by atoms with E-state index in [1.54, 1.807) is 19.0 Å². The number of hydrogen-bond donors (Lipinski definition) is 3. The van der Waals surface area contributed by atoms with Gasteiger partial charge in [0.25, 0.3) is 5.91 Å². The second-order valence-corrected chi connectivity index (χ2v) is 10.4. The summed E-state index contributed by atoms with van der Waals surface area (Å²) in [6.45, 7) is 4.65. The Hall–Kier alpha value is -5.27. The van der Waals surface area contributed by atoms with E-state index in [4.69, 9.17) is 9.47 Å². The number of aromatic nitrogens is 2. The van der Waals surface area contributed by atoms with Crippen LogP contribution in [0.3, 0.4) is 0 Å². The number of rotatable bonds is 8. The molecule has 2 aliphatic rings. The van der Waals surface area contributed by atoms with Crippen LogP contribution < -0.4 is 25.3 Å². The van der Waals surface area contributed by atoms with E-state index >= 15 is 4.39 Å². The fraction of sp³-hybridized carbons (Fsp3) is 0.219. The molecule has 232 valence electrons. The summed E-state index contributed by atoms with van der Waals surface area (Å²) in [6.07, 6.45) is 0.161. The summed E-state index contributed by atoms with van der Waals surface area (Å²) in [5.74, 6) is -1.49. The zero-order chi connectivity index (χ0) is 31.5. The molecule has 1 atom stereocenters. The lowest BCUT2D eigenvalue weighted by Gasteiger charge is -2.31. The summed E-state index contributed by atoms with van der Waals surface area (Å²) in [5.41, 5.74) is 3.03. The number of nitrogens with zero attached hydrogens (tertiary/aromatic N) is 5. The smallest absolute Gasteiger partial charge is 0.258 e. The number of amides is 1. The van der Waals surface area contributed by atoms with Gasteiger partial charge in [-0.25, -0.2) is 13.8 Å². The first-order chi connectivity index (χ1) is 21.8. The van der Waals surface area contributed by atoms with Gasteiger partial charge in [-0.2, -0.15) is 4.98 Å². The zero-order valence-electron chi connectivity index (χ0n) is 24.6. The third-order valence-corrected chi connectivity index (χ3v) is 7.54. The van der Waals surface area contributed by atoms with Crippen molar-refractivity contribution in [2.24, 2.45) is 0 Å². The maximum absolute atomic E-state index is 15.1. The standard InChI is InChI=1S/C32H31F2N7O4/c1-20-29(31(43)41(39(20)2)24-9-6-21(33)7-10-24)30(42)36-23-8-11-27(26(34)19-23)45-28-12-13-35-32(38-28)37-22-4-3-5-25(18-22)40-14-16-44-17-15-40/h3-13,18-19,31,43H,14-17H2,1-2H3,(H,36,42)(H,35,37,38). The van der Waals surface area contributed by atoms with Crippen LogP contribution in [0.5, 0.6) is 11.6 Å². The molecule has 3 aromatic carbocycles. The Morgan fingerprint density at radius 1 is 1.00 bits per heavy atom. The highest BCUT2D eigenvalue weighted by Gasteiger charge is 2.38. The first-order valence-electron chi connectivity index (χ1n) is 14.3. The highest BCUT2D eigenvalue weighted by molar-refractivity contribution is 6.05. The fourth-order valence-electron chi connectivity index (χ4n) is 5.16. The number of carbonyl (C=O) groups is 1. The number of allylic oxidation sites excluding steroid dienone is 1. The van der Waals surface area contributed by atoms with Crippen LogP contribution in [0, 0.1) is 11.6 Å². The number of benzene rings is 3. The van der Waals surface area contributed by atoms with Gasteiger partial charge >= 0.3 is 0 Å². The molecule has 1 fully saturated rings. The van der Waals surface area contributed by atoms with Crippen LogP contribution >= 0.6 is 0 Å². The van der Waals surface area contributed by atoms with Gasteiger partial charge in [-0.15, -0.1) is 0 Å². The number of anilines is 5. The van der Waals surface area contributed by atoms with E-state index in [2.05, 4.69) is 25.5 Å². The Balaban J connectivity index is 1.11. The van der Waals surface area contributed by atoms with Crippen LogP contribution in [0.1, 0.15) is 6.92 Å². The average Bonchev–Trinajstić information content (AvgIpc) is 3.26. The van der Waals surface area contributed by atoms with Crippen LogP contribution in [0.25, 0.3) is 0 Å². The number of hydrazine groups is 1. The first kappa shape index (κ1) is 29.8. The summed E-state index contributed by atoms with van der Waals surface area (Å²) >= 11 is 0. The Labute approximate surface area is 258 Å². The lowest BCUT2D eigenvalue weighted by molar-refractivity contribution is -0.113. The second kappa shape index (κ2) is 12.8. The molecule has 0 spiro atoms. The van der Waals surface area contributed by atoms with Crippen molar-refractivity contribution in [2.75, 3.05) is 53.9 Å². The lowest BCUT2D eigenvalue weighted by atomic mass is 10.1. The van der Waals surface area contributed by atoms with Gasteiger partial charge in [-0.1, -0.05) is 6.07 Å². The van der Waals surface area contributed by atoms with E-state index in [0.29, 0.717) is 24.6 Å². The quantitative estimate of drug-likeness (QED) is 0.250. The first-order valence-corrected chi connectivity index (χ1v) is 14.3. The minimum atomic E-state index is -1.34. The molecule has 1 saturated heterocycles.